The molecule has 5 nitrogen and oxygen atoms in total. The van der Waals surface area contributed by atoms with Gasteiger partial charge in [0.15, 0.2) is 5.96 Å². The highest BCUT2D eigenvalue weighted by atomic mass is 19.1. The molecule has 1 aliphatic rings. The number of benzene rings is 1. The Kier molecular flexibility index (Phi) is 7.31. The third-order valence-corrected chi connectivity index (χ3v) is 4.62. The van der Waals surface area contributed by atoms with Crippen LogP contribution in [0.3, 0.4) is 0 Å². The summed E-state index contributed by atoms with van der Waals surface area (Å²) in [6, 6.07) is 7.36. The largest absolute Gasteiger partial charge is 0.372 e. The molecule has 0 aliphatic carbocycles. The summed E-state index contributed by atoms with van der Waals surface area (Å²) in [5.41, 5.74) is 6.56. The molecule has 1 aromatic carbocycles. The van der Waals surface area contributed by atoms with Crippen molar-refractivity contribution in [3.8, 4) is 0 Å². The minimum Gasteiger partial charge on any atom is -0.372 e. The van der Waals surface area contributed by atoms with Gasteiger partial charge in [0.05, 0.1) is 12.2 Å². The van der Waals surface area contributed by atoms with Crippen LogP contribution in [0.1, 0.15) is 26.2 Å². The highest BCUT2D eigenvalue weighted by Crippen LogP contribution is 2.17. The lowest BCUT2D eigenvalue weighted by Gasteiger charge is -2.21. The molecule has 134 valence electrons. The molecule has 1 aliphatic heterocycles. The zero-order valence-electron chi connectivity index (χ0n) is 14.8. The summed E-state index contributed by atoms with van der Waals surface area (Å²) >= 11 is 0. The van der Waals surface area contributed by atoms with Crippen LogP contribution in [-0.2, 0) is 0 Å². The minimum atomic E-state index is -0.189. The van der Waals surface area contributed by atoms with Gasteiger partial charge in [-0.1, -0.05) is 19.1 Å². The zero-order valence-corrected chi connectivity index (χ0v) is 14.8. The molecule has 2 rings (SSSR count). The molecule has 6 heteroatoms. The van der Waals surface area contributed by atoms with Crippen LogP contribution in [0.5, 0.6) is 0 Å². The number of nitrogens with zero attached hydrogens (tertiary/aromatic N) is 3. The number of likely N-dealkylation sites (tertiary alicyclic amines) is 1. The van der Waals surface area contributed by atoms with E-state index in [2.05, 4.69) is 22.1 Å². The third-order valence-electron chi connectivity index (χ3n) is 4.62. The predicted octanol–water partition coefficient (Wildman–Crippen LogP) is 2.04. The van der Waals surface area contributed by atoms with E-state index in [-0.39, 0.29) is 5.82 Å². The Morgan fingerprint density at radius 1 is 1.46 bits per heavy atom. The van der Waals surface area contributed by atoms with Crippen LogP contribution in [0.2, 0.25) is 0 Å². The number of nitrogens with one attached hydrogen (secondary N) is 1. The van der Waals surface area contributed by atoms with Crippen molar-refractivity contribution < 1.29 is 4.39 Å². The summed E-state index contributed by atoms with van der Waals surface area (Å²) in [5.74, 6) is 0.317. The van der Waals surface area contributed by atoms with E-state index in [1.54, 1.807) is 12.1 Å². The Bertz CT molecular complexity index is 534. The molecule has 0 radical (unpaired) electrons. The van der Waals surface area contributed by atoms with E-state index in [1.807, 2.05) is 18.0 Å². The quantitative estimate of drug-likeness (QED) is 0.434. The molecular weight excluding hydrogens is 305 g/mol. The fourth-order valence-corrected chi connectivity index (χ4v) is 3.19. The molecule has 1 aromatic rings. The lowest BCUT2D eigenvalue weighted by Crippen LogP contribution is -2.36. The van der Waals surface area contributed by atoms with E-state index < -0.39 is 0 Å². The van der Waals surface area contributed by atoms with Gasteiger partial charge in [-0.15, -0.1) is 0 Å². The summed E-state index contributed by atoms with van der Waals surface area (Å²) in [7, 11) is 1.90. The van der Waals surface area contributed by atoms with Crippen molar-refractivity contribution in [3.63, 3.8) is 0 Å². The molecule has 24 heavy (non-hydrogen) atoms. The molecule has 1 heterocycles. The van der Waals surface area contributed by atoms with Crippen molar-refractivity contribution in [2.24, 2.45) is 10.7 Å². The van der Waals surface area contributed by atoms with Crippen LogP contribution >= 0.6 is 0 Å². The van der Waals surface area contributed by atoms with Crippen LogP contribution < -0.4 is 16.0 Å². The maximum absolute atomic E-state index is 13.7. The summed E-state index contributed by atoms with van der Waals surface area (Å²) in [4.78, 5) is 8.84. The number of anilines is 1. The van der Waals surface area contributed by atoms with Crippen molar-refractivity contribution in [2.75, 3.05) is 44.7 Å². The van der Waals surface area contributed by atoms with Gasteiger partial charge in [0.1, 0.15) is 5.82 Å². The molecule has 0 amide bonds. The van der Waals surface area contributed by atoms with Gasteiger partial charge < -0.3 is 16.0 Å². The molecule has 0 aromatic heterocycles. The number of hydrogen-bond acceptors (Lipinski definition) is 3. The van der Waals surface area contributed by atoms with Gasteiger partial charge in [-0.25, -0.2) is 4.39 Å². The van der Waals surface area contributed by atoms with Crippen molar-refractivity contribution in [1.29, 1.82) is 0 Å². The Morgan fingerprint density at radius 2 is 2.25 bits per heavy atom. The fourth-order valence-electron chi connectivity index (χ4n) is 3.19. The van der Waals surface area contributed by atoms with E-state index in [0.717, 1.165) is 32.6 Å². The molecular formula is C18H30FN5. The first-order valence-electron chi connectivity index (χ1n) is 8.85. The highest BCUT2D eigenvalue weighted by molar-refractivity contribution is 5.77. The molecule has 0 saturated carbocycles. The van der Waals surface area contributed by atoms with E-state index in [9.17, 15) is 4.39 Å². The fraction of sp³-hybridized carbons (Fsp3) is 0.611. The van der Waals surface area contributed by atoms with Crippen LogP contribution in [0.4, 0.5) is 10.1 Å². The lowest BCUT2D eigenvalue weighted by molar-refractivity contribution is 0.273. The van der Waals surface area contributed by atoms with Gasteiger partial charge >= 0.3 is 0 Å². The van der Waals surface area contributed by atoms with Gasteiger partial charge in [-0.05, 0) is 44.5 Å². The second kappa shape index (κ2) is 9.47. The number of rotatable bonds is 8. The molecule has 1 fully saturated rings. The second-order valence-electron chi connectivity index (χ2n) is 6.30. The summed E-state index contributed by atoms with van der Waals surface area (Å²) in [6.45, 7) is 6.70. The number of guanidine groups is 1. The monoisotopic (exact) mass is 335 g/mol. The smallest absolute Gasteiger partial charge is 0.188 e. The van der Waals surface area contributed by atoms with Crippen molar-refractivity contribution in [3.05, 3.63) is 30.1 Å². The van der Waals surface area contributed by atoms with E-state index in [4.69, 9.17) is 5.73 Å². The second-order valence-corrected chi connectivity index (χ2v) is 6.30. The van der Waals surface area contributed by atoms with E-state index in [0.29, 0.717) is 17.7 Å². The SMILES string of the molecule is CCN1CCCC1CN=C(N)NCCCN(C)c1ccccc1F. The Hall–Kier alpha value is -1.82. The number of likely N-dealkylation sites (N-methyl/N-ethyl adjacent to an activating group) is 1. The first kappa shape index (κ1) is 18.5. The van der Waals surface area contributed by atoms with Crippen LogP contribution in [-0.4, -0.2) is 56.7 Å². The summed E-state index contributed by atoms with van der Waals surface area (Å²) in [6.07, 6.45) is 3.33. The van der Waals surface area contributed by atoms with E-state index in [1.165, 1.54) is 25.5 Å². The zero-order chi connectivity index (χ0) is 17.4. The van der Waals surface area contributed by atoms with Gasteiger partial charge in [0.2, 0.25) is 0 Å². The van der Waals surface area contributed by atoms with Gasteiger partial charge in [0, 0.05) is 26.2 Å². The predicted molar refractivity (Wildman–Crippen MR) is 99.0 cm³/mol. The first-order valence-corrected chi connectivity index (χ1v) is 8.85. The maximum Gasteiger partial charge on any atom is 0.188 e. The number of halogens is 1. The standard InChI is InChI=1S/C18H30FN5/c1-3-24-13-6-8-15(24)14-22-18(20)21-11-7-12-23(2)17-10-5-4-9-16(17)19/h4-5,9-10,15H,3,6-8,11-14H2,1-2H3,(H3,20,21,22). The Labute approximate surface area is 144 Å². The first-order chi connectivity index (χ1) is 11.6. The van der Waals surface area contributed by atoms with Crippen molar-refractivity contribution >= 4 is 11.6 Å². The van der Waals surface area contributed by atoms with E-state index >= 15 is 0 Å². The third kappa shape index (κ3) is 5.37. The minimum absolute atomic E-state index is 0.189. The number of nitrogens with two attached hydrogens (primary N) is 1. The Morgan fingerprint density at radius 3 is 3.00 bits per heavy atom. The van der Waals surface area contributed by atoms with Crippen molar-refractivity contribution in [2.45, 2.75) is 32.2 Å². The van der Waals surface area contributed by atoms with Gasteiger partial charge in [-0.3, -0.25) is 9.89 Å². The van der Waals surface area contributed by atoms with Gasteiger partial charge in [0.25, 0.3) is 0 Å². The van der Waals surface area contributed by atoms with Crippen LogP contribution in [0.25, 0.3) is 0 Å². The molecule has 0 spiro atoms. The van der Waals surface area contributed by atoms with Crippen molar-refractivity contribution in [1.82, 2.24) is 10.2 Å². The molecule has 1 saturated heterocycles. The molecule has 1 atom stereocenters. The number of hydrogen-bond donors (Lipinski definition) is 2. The normalized spacial score (nSPS) is 18.8. The van der Waals surface area contributed by atoms with Gasteiger partial charge in [-0.2, -0.15) is 0 Å². The molecule has 0 bridgehead atoms. The topological polar surface area (TPSA) is 56.9 Å². The van der Waals surface area contributed by atoms with Crippen LogP contribution in [0, 0.1) is 5.82 Å². The Balaban J connectivity index is 1.66. The summed E-state index contributed by atoms with van der Waals surface area (Å²) in [5, 5.41) is 3.15. The molecule has 1 unspecified atom stereocenters. The lowest BCUT2D eigenvalue weighted by atomic mass is 10.2. The number of aliphatic imine (C=N–C) groups is 1. The number of para-hydroxylation sites is 1. The maximum atomic E-state index is 13.7. The highest BCUT2D eigenvalue weighted by Gasteiger charge is 2.22. The summed E-state index contributed by atoms with van der Waals surface area (Å²) < 4.78 is 13.7. The average Bonchev–Trinajstić information content (AvgIpc) is 3.04. The van der Waals surface area contributed by atoms with Crippen LogP contribution in [0.15, 0.2) is 29.3 Å². The molecule has 3 N–H and O–H groups in total. The average molecular weight is 335 g/mol.